The third-order valence-electron chi connectivity index (χ3n) is 2.62. The maximum Gasteiger partial charge on any atom is 0.246 e. The molecule has 0 radical (unpaired) electrons. The predicted octanol–water partition coefficient (Wildman–Crippen LogP) is 1.95. The highest BCUT2D eigenvalue weighted by molar-refractivity contribution is 5.66. The van der Waals surface area contributed by atoms with Gasteiger partial charge in [-0.15, -0.1) is 0 Å². The van der Waals surface area contributed by atoms with E-state index < -0.39 is 5.54 Å². The van der Waals surface area contributed by atoms with Crippen molar-refractivity contribution in [1.82, 2.24) is 10.1 Å². The molecule has 0 fully saturated rings. The smallest absolute Gasteiger partial charge is 0.246 e. The van der Waals surface area contributed by atoms with Crippen molar-refractivity contribution in [2.75, 3.05) is 14.2 Å². The van der Waals surface area contributed by atoms with Gasteiger partial charge in [-0.1, -0.05) is 5.16 Å². The summed E-state index contributed by atoms with van der Waals surface area (Å²) in [7, 11) is 3.18. The van der Waals surface area contributed by atoms with Gasteiger partial charge >= 0.3 is 0 Å². The van der Waals surface area contributed by atoms with Crippen LogP contribution in [-0.4, -0.2) is 24.4 Å². The highest BCUT2D eigenvalue weighted by Crippen LogP contribution is 2.32. The van der Waals surface area contributed by atoms with Crippen molar-refractivity contribution in [3.05, 3.63) is 24.1 Å². The highest BCUT2D eigenvalue weighted by atomic mass is 16.5. The summed E-state index contributed by atoms with van der Waals surface area (Å²) < 4.78 is 15.6. The molecule has 0 spiro atoms. The fourth-order valence-electron chi connectivity index (χ4n) is 1.58. The summed E-state index contributed by atoms with van der Waals surface area (Å²) in [5, 5.41) is 3.94. The number of nitrogens with zero attached hydrogens (tertiary/aromatic N) is 2. The first-order valence-corrected chi connectivity index (χ1v) is 5.81. The Bertz CT molecular complexity index is 573. The molecule has 0 aliphatic rings. The molecule has 0 atom stereocenters. The molecular weight excluding hydrogens is 246 g/mol. The Morgan fingerprint density at radius 3 is 2.47 bits per heavy atom. The maximum atomic E-state index is 5.92. The average Bonchev–Trinajstić information content (AvgIpc) is 2.87. The minimum Gasteiger partial charge on any atom is -0.497 e. The fraction of sp³-hybridized carbons (Fsp3) is 0.385. The van der Waals surface area contributed by atoms with Gasteiger partial charge in [-0.05, 0) is 32.0 Å². The molecule has 19 heavy (non-hydrogen) atoms. The molecule has 6 heteroatoms. The van der Waals surface area contributed by atoms with Gasteiger partial charge in [0, 0.05) is 0 Å². The van der Waals surface area contributed by atoms with Crippen LogP contribution < -0.4 is 15.2 Å². The van der Waals surface area contributed by atoms with Gasteiger partial charge in [0.05, 0.1) is 25.3 Å². The van der Waals surface area contributed by atoms with Gasteiger partial charge in [-0.2, -0.15) is 4.98 Å². The Balaban J connectivity index is 2.48. The van der Waals surface area contributed by atoms with Gasteiger partial charge in [-0.25, -0.2) is 0 Å². The second-order valence-corrected chi connectivity index (χ2v) is 4.71. The van der Waals surface area contributed by atoms with Crippen molar-refractivity contribution in [2.45, 2.75) is 19.4 Å². The van der Waals surface area contributed by atoms with Crippen molar-refractivity contribution in [3.63, 3.8) is 0 Å². The number of ether oxygens (including phenoxy) is 2. The van der Waals surface area contributed by atoms with Crippen LogP contribution in [0.5, 0.6) is 11.5 Å². The van der Waals surface area contributed by atoms with Gasteiger partial charge < -0.3 is 19.7 Å². The normalized spacial score (nSPS) is 11.4. The van der Waals surface area contributed by atoms with Gasteiger partial charge in [0.1, 0.15) is 11.5 Å². The van der Waals surface area contributed by atoms with E-state index in [1.54, 1.807) is 46.3 Å². The standard InChI is InChI=1S/C13H17N3O3/c1-13(2,14)12-15-11(16-19-12)9-7-8(17-3)5-6-10(9)18-4/h5-7H,14H2,1-4H3. The van der Waals surface area contributed by atoms with E-state index in [1.165, 1.54) is 0 Å². The summed E-state index contributed by atoms with van der Waals surface area (Å²) in [4.78, 5) is 4.30. The SMILES string of the molecule is COc1ccc(OC)c(-c2noc(C(C)(C)N)n2)c1. The van der Waals surface area contributed by atoms with Crippen molar-refractivity contribution in [2.24, 2.45) is 5.73 Å². The van der Waals surface area contributed by atoms with E-state index >= 15 is 0 Å². The molecule has 0 bridgehead atoms. The summed E-state index contributed by atoms with van der Waals surface area (Å²) in [5.74, 6) is 2.12. The molecule has 2 N–H and O–H groups in total. The van der Waals surface area contributed by atoms with Gasteiger partial charge in [-0.3, -0.25) is 0 Å². The van der Waals surface area contributed by atoms with Crippen molar-refractivity contribution < 1.29 is 14.0 Å². The molecule has 102 valence electrons. The second kappa shape index (κ2) is 4.89. The second-order valence-electron chi connectivity index (χ2n) is 4.71. The largest absolute Gasteiger partial charge is 0.497 e. The summed E-state index contributed by atoms with van der Waals surface area (Å²) in [6.07, 6.45) is 0. The van der Waals surface area contributed by atoms with Crippen LogP contribution in [0.3, 0.4) is 0 Å². The Morgan fingerprint density at radius 2 is 1.95 bits per heavy atom. The van der Waals surface area contributed by atoms with Crippen LogP contribution in [0, 0.1) is 0 Å². The molecule has 1 heterocycles. The minimum atomic E-state index is -0.683. The van der Waals surface area contributed by atoms with Crippen LogP contribution in [0.15, 0.2) is 22.7 Å². The lowest BCUT2D eigenvalue weighted by atomic mass is 10.1. The molecule has 0 amide bonds. The minimum absolute atomic E-state index is 0.368. The Hall–Kier alpha value is -2.08. The Kier molecular flexibility index (Phi) is 3.44. The van der Waals surface area contributed by atoms with E-state index in [0.717, 1.165) is 0 Å². The lowest BCUT2D eigenvalue weighted by molar-refractivity contribution is 0.312. The average molecular weight is 263 g/mol. The Morgan fingerprint density at radius 1 is 1.21 bits per heavy atom. The molecule has 6 nitrogen and oxygen atoms in total. The van der Waals surface area contributed by atoms with E-state index in [2.05, 4.69) is 10.1 Å². The third kappa shape index (κ3) is 2.68. The van der Waals surface area contributed by atoms with Crippen molar-refractivity contribution in [3.8, 4) is 22.9 Å². The quantitative estimate of drug-likeness (QED) is 0.907. The molecule has 0 aliphatic heterocycles. The van der Waals surface area contributed by atoms with Crippen LogP contribution in [0.25, 0.3) is 11.4 Å². The molecule has 0 saturated heterocycles. The van der Waals surface area contributed by atoms with E-state index in [1.807, 2.05) is 0 Å². The first-order valence-electron chi connectivity index (χ1n) is 5.81. The van der Waals surface area contributed by atoms with Crippen LogP contribution in [-0.2, 0) is 5.54 Å². The number of hydrogen-bond donors (Lipinski definition) is 1. The number of hydrogen-bond acceptors (Lipinski definition) is 6. The summed E-state index contributed by atoms with van der Waals surface area (Å²) in [6, 6.07) is 5.38. The predicted molar refractivity (Wildman–Crippen MR) is 70.1 cm³/mol. The van der Waals surface area contributed by atoms with Gasteiger partial charge in [0.15, 0.2) is 0 Å². The van der Waals surface area contributed by atoms with E-state index in [0.29, 0.717) is 28.8 Å². The summed E-state index contributed by atoms with van der Waals surface area (Å²) in [6.45, 7) is 3.60. The van der Waals surface area contributed by atoms with Crippen molar-refractivity contribution >= 4 is 0 Å². The number of benzene rings is 1. The van der Waals surface area contributed by atoms with E-state index in [9.17, 15) is 0 Å². The van der Waals surface area contributed by atoms with E-state index in [4.69, 9.17) is 19.7 Å². The molecular formula is C13H17N3O3. The number of aromatic nitrogens is 2. The number of rotatable bonds is 4. The molecule has 2 aromatic rings. The first kappa shape index (κ1) is 13.4. The zero-order chi connectivity index (χ0) is 14.0. The highest BCUT2D eigenvalue weighted by Gasteiger charge is 2.24. The number of methoxy groups -OCH3 is 2. The molecule has 0 unspecified atom stereocenters. The lowest BCUT2D eigenvalue weighted by Gasteiger charge is -2.11. The van der Waals surface area contributed by atoms with E-state index in [-0.39, 0.29) is 0 Å². The summed E-state index contributed by atoms with van der Waals surface area (Å²) in [5.41, 5.74) is 5.93. The monoisotopic (exact) mass is 263 g/mol. The fourth-order valence-corrected chi connectivity index (χ4v) is 1.58. The van der Waals surface area contributed by atoms with Gasteiger partial charge in [0.2, 0.25) is 11.7 Å². The molecule has 0 aliphatic carbocycles. The topological polar surface area (TPSA) is 83.4 Å². The number of nitrogens with two attached hydrogens (primary N) is 1. The van der Waals surface area contributed by atoms with Gasteiger partial charge in [0.25, 0.3) is 0 Å². The van der Waals surface area contributed by atoms with Crippen LogP contribution in [0.4, 0.5) is 0 Å². The van der Waals surface area contributed by atoms with Crippen molar-refractivity contribution in [1.29, 1.82) is 0 Å². The summed E-state index contributed by atoms with van der Waals surface area (Å²) >= 11 is 0. The lowest BCUT2D eigenvalue weighted by Crippen LogP contribution is -2.28. The Labute approximate surface area is 111 Å². The zero-order valence-corrected chi connectivity index (χ0v) is 11.4. The molecule has 1 aromatic carbocycles. The molecule has 2 rings (SSSR count). The third-order valence-corrected chi connectivity index (χ3v) is 2.62. The maximum absolute atomic E-state index is 5.92. The molecule has 1 aromatic heterocycles. The zero-order valence-electron chi connectivity index (χ0n) is 11.4. The van der Waals surface area contributed by atoms with Crippen LogP contribution in [0.1, 0.15) is 19.7 Å². The van der Waals surface area contributed by atoms with Crippen LogP contribution >= 0.6 is 0 Å². The molecule has 0 saturated carbocycles. The van der Waals surface area contributed by atoms with Crippen LogP contribution in [0.2, 0.25) is 0 Å². The first-order chi connectivity index (χ1) is 8.95.